The topological polar surface area (TPSA) is 47.8 Å². The molecule has 0 atom stereocenters. The van der Waals surface area contributed by atoms with Gasteiger partial charge in [0.2, 0.25) is 0 Å². The predicted molar refractivity (Wildman–Crippen MR) is 86.3 cm³/mol. The molecular weight excluding hydrogens is 274 g/mol. The van der Waals surface area contributed by atoms with Crippen LogP contribution in [0.15, 0.2) is 54.6 Å². The number of rotatable bonds is 4. The molecule has 22 heavy (non-hydrogen) atoms. The summed E-state index contributed by atoms with van der Waals surface area (Å²) in [5.74, 6) is 0.476. The van der Waals surface area contributed by atoms with E-state index in [0.29, 0.717) is 17.3 Å². The number of nitrogens with zero attached hydrogens (tertiary/aromatic N) is 3. The summed E-state index contributed by atoms with van der Waals surface area (Å²) in [7, 11) is 0. The lowest BCUT2D eigenvalue weighted by molar-refractivity contribution is 0.111. The number of benzene rings is 2. The van der Waals surface area contributed by atoms with Crippen molar-refractivity contribution in [2.45, 2.75) is 19.8 Å². The Hall–Kier alpha value is -2.75. The van der Waals surface area contributed by atoms with Gasteiger partial charge in [0.1, 0.15) is 5.69 Å². The van der Waals surface area contributed by atoms with Crippen molar-refractivity contribution in [3.63, 3.8) is 0 Å². The fourth-order valence-electron chi connectivity index (χ4n) is 2.42. The van der Waals surface area contributed by atoms with Crippen molar-refractivity contribution >= 4 is 6.29 Å². The Bertz CT molecular complexity index is 774. The Balaban J connectivity index is 2.12. The van der Waals surface area contributed by atoms with Crippen LogP contribution in [0.1, 0.15) is 35.8 Å². The van der Waals surface area contributed by atoms with E-state index >= 15 is 0 Å². The molecule has 0 aliphatic carbocycles. The first-order valence-electron chi connectivity index (χ1n) is 7.27. The highest BCUT2D eigenvalue weighted by atomic mass is 16.1. The Morgan fingerprint density at radius 1 is 1.00 bits per heavy atom. The number of carbonyl (C=O) groups is 1. The van der Waals surface area contributed by atoms with Gasteiger partial charge in [0, 0.05) is 5.56 Å². The van der Waals surface area contributed by atoms with Gasteiger partial charge in [0.15, 0.2) is 12.0 Å². The van der Waals surface area contributed by atoms with Gasteiger partial charge in [0.05, 0.1) is 5.69 Å². The van der Waals surface area contributed by atoms with Crippen molar-refractivity contribution in [1.82, 2.24) is 15.0 Å². The van der Waals surface area contributed by atoms with Crippen LogP contribution in [0.25, 0.3) is 16.9 Å². The lowest BCUT2D eigenvalue weighted by Gasteiger charge is -2.09. The highest BCUT2D eigenvalue weighted by molar-refractivity contribution is 5.83. The Morgan fingerprint density at radius 3 is 2.27 bits per heavy atom. The summed E-state index contributed by atoms with van der Waals surface area (Å²) in [5.41, 5.74) is 4.14. The van der Waals surface area contributed by atoms with Crippen molar-refractivity contribution in [3.8, 4) is 16.9 Å². The maximum absolute atomic E-state index is 11.3. The van der Waals surface area contributed by atoms with Gasteiger partial charge in [-0.1, -0.05) is 61.5 Å². The molecule has 0 saturated heterocycles. The molecule has 0 N–H and O–H groups in total. The minimum Gasteiger partial charge on any atom is -0.296 e. The maximum atomic E-state index is 11.3. The third-order valence-electron chi connectivity index (χ3n) is 3.66. The standard InChI is InChI=1S/C18H17N3O/c1-13(2)14-8-10-16(11-9-14)21-18(17(12-22)19-20-21)15-6-4-3-5-7-15/h3-13H,1-2H3. The van der Waals surface area contributed by atoms with Crippen molar-refractivity contribution < 1.29 is 4.79 Å². The van der Waals surface area contributed by atoms with Crippen molar-refractivity contribution in [2.75, 3.05) is 0 Å². The molecule has 3 rings (SSSR count). The molecule has 0 bridgehead atoms. The average molecular weight is 291 g/mol. The second-order valence-electron chi connectivity index (χ2n) is 5.47. The van der Waals surface area contributed by atoms with E-state index in [0.717, 1.165) is 17.5 Å². The lowest BCUT2D eigenvalue weighted by Crippen LogP contribution is -2.00. The van der Waals surface area contributed by atoms with Gasteiger partial charge in [-0.3, -0.25) is 4.79 Å². The van der Waals surface area contributed by atoms with Gasteiger partial charge in [-0.25, -0.2) is 4.68 Å². The van der Waals surface area contributed by atoms with E-state index in [-0.39, 0.29) is 0 Å². The van der Waals surface area contributed by atoms with Crippen LogP contribution in [0.5, 0.6) is 0 Å². The lowest BCUT2D eigenvalue weighted by atomic mass is 10.0. The number of hydrogen-bond acceptors (Lipinski definition) is 3. The molecule has 0 aliphatic rings. The minimum absolute atomic E-state index is 0.346. The smallest absolute Gasteiger partial charge is 0.172 e. The van der Waals surface area contributed by atoms with Crippen molar-refractivity contribution in [3.05, 3.63) is 65.9 Å². The zero-order valence-electron chi connectivity index (χ0n) is 12.6. The first-order valence-corrected chi connectivity index (χ1v) is 7.27. The van der Waals surface area contributed by atoms with Gasteiger partial charge < -0.3 is 0 Å². The van der Waals surface area contributed by atoms with Gasteiger partial charge in [-0.2, -0.15) is 0 Å². The normalized spacial score (nSPS) is 10.9. The highest BCUT2D eigenvalue weighted by Crippen LogP contribution is 2.25. The molecule has 4 nitrogen and oxygen atoms in total. The fourth-order valence-corrected chi connectivity index (χ4v) is 2.42. The molecule has 1 heterocycles. The van der Waals surface area contributed by atoms with E-state index in [2.05, 4.69) is 36.3 Å². The fraction of sp³-hybridized carbons (Fsp3) is 0.167. The van der Waals surface area contributed by atoms with Crippen LogP contribution in [0, 0.1) is 0 Å². The monoisotopic (exact) mass is 291 g/mol. The highest BCUT2D eigenvalue weighted by Gasteiger charge is 2.15. The minimum atomic E-state index is 0.346. The van der Waals surface area contributed by atoms with Crippen molar-refractivity contribution in [1.29, 1.82) is 0 Å². The van der Waals surface area contributed by atoms with Crippen LogP contribution < -0.4 is 0 Å². The molecular formula is C18H17N3O. The summed E-state index contributed by atoms with van der Waals surface area (Å²) in [6.45, 7) is 4.31. The van der Waals surface area contributed by atoms with E-state index in [9.17, 15) is 4.79 Å². The van der Waals surface area contributed by atoms with E-state index in [4.69, 9.17) is 0 Å². The summed E-state index contributed by atoms with van der Waals surface area (Å²) in [4.78, 5) is 11.3. The third kappa shape index (κ3) is 2.55. The van der Waals surface area contributed by atoms with E-state index in [1.165, 1.54) is 5.56 Å². The molecule has 110 valence electrons. The van der Waals surface area contributed by atoms with Crippen molar-refractivity contribution in [2.24, 2.45) is 0 Å². The molecule has 0 saturated carbocycles. The number of carbonyl (C=O) groups excluding carboxylic acids is 1. The zero-order valence-corrected chi connectivity index (χ0v) is 12.6. The average Bonchev–Trinajstić information content (AvgIpc) is 2.99. The SMILES string of the molecule is CC(C)c1ccc(-n2nnc(C=O)c2-c2ccccc2)cc1. The number of hydrogen-bond donors (Lipinski definition) is 0. The summed E-state index contributed by atoms with van der Waals surface area (Å²) < 4.78 is 1.71. The Morgan fingerprint density at radius 2 is 1.68 bits per heavy atom. The van der Waals surface area contributed by atoms with E-state index < -0.39 is 0 Å². The van der Waals surface area contributed by atoms with Gasteiger partial charge in [0.25, 0.3) is 0 Å². The molecule has 0 aliphatic heterocycles. The van der Waals surface area contributed by atoms with Crippen LogP contribution in [-0.4, -0.2) is 21.3 Å². The van der Waals surface area contributed by atoms with E-state index in [1.807, 2.05) is 42.5 Å². The molecule has 4 heteroatoms. The van der Waals surface area contributed by atoms with E-state index in [1.54, 1.807) is 4.68 Å². The van der Waals surface area contributed by atoms with Crippen LogP contribution >= 0.6 is 0 Å². The van der Waals surface area contributed by atoms with Crippen LogP contribution in [0.3, 0.4) is 0 Å². The van der Waals surface area contributed by atoms with Crippen LogP contribution in [0.4, 0.5) is 0 Å². The summed E-state index contributed by atoms with van der Waals surface area (Å²) in [6.07, 6.45) is 0.744. The molecule has 0 fully saturated rings. The molecule has 0 radical (unpaired) electrons. The summed E-state index contributed by atoms with van der Waals surface area (Å²) in [6, 6.07) is 17.9. The molecule has 0 spiro atoms. The molecule has 1 aromatic heterocycles. The van der Waals surface area contributed by atoms with Gasteiger partial charge in [-0.05, 0) is 23.6 Å². The quantitative estimate of drug-likeness (QED) is 0.686. The Labute approximate surface area is 129 Å². The molecule has 2 aromatic carbocycles. The van der Waals surface area contributed by atoms with Crippen LogP contribution in [0.2, 0.25) is 0 Å². The first kappa shape index (κ1) is 14.2. The number of aromatic nitrogens is 3. The Kier molecular flexibility index (Phi) is 3.83. The molecule has 3 aromatic rings. The zero-order chi connectivity index (χ0) is 15.5. The largest absolute Gasteiger partial charge is 0.296 e. The molecule has 0 unspecified atom stereocenters. The van der Waals surface area contributed by atoms with Crippen LogP contribution in [-0.2, 0) is 0 Å². The number of aldehydes is 1. The van der Waals surface area contributed by atoms with Gasteiger partial charge in [-0.15, -0.1) is 5.10 Å². The second-order valence-corrected chi connectivity index (χ2v) is 5.47. The first-order chi connectivity index (χ1) is 10.7. The second kappa shape index (κ2) is 5.93. The van der Waals surface area contributed by atoms with Gasteiger partial charge >= 0.3 is 0 Å². The maximum Gasteiger partial charge on any atom is 0.172 e. The predicted octanol–water partition coefficient (Wildman–Crippen LogP) is 3.87. The summed E-state index contributed by atoms with van der Waals surface area (Å²) in [5, 5.41) is 8.13. The summed E-state index contributed by atoms with van der Waals surface area (Å²) >= 11 is 0. The molecule has 0 amide bonds. The third-order valence-corrected chi connectivity index (χ3v) is 3.66.